The Hall–Kier alpha value is -2.15. The summed E-state index contributed by atoms with van der Waals surface area (Å²) in [5, 5.41) is 3.29. The molecule has 1 saturated carbocycles. The molecule has 35 heavy (non-hydrogen) atoms. The van der Waals surface area contributed by atoms with Crippen molar-refractivity contribution >= 4 is 36.6 Å². The van der Waals surface area contributed by atoms with Crippen molar-refractivity contribution < 1.29 is 9.59 Å². The van der Waals surface area contributed by atoms with Crippen LogP contribution >= 0.6 is 24.8 Å². The van der Waals surface area contributed by atoms with Gasteiger partial charge in [-0.2, -0.15) is 0 Å². The van der Waals surface area contributed by atoms with Gasteiger partial charge >= 0.3 is 0 Å². The Morgan fingerprint density at radius 3 is 2.34 bits per heavy atom. The molecule has 2 aromatic rings. The molecule has 2 aliphatic heterocycles. The highest BCUT2D eigenvalue weighted by Gasteiger charge is 2.48. The Kier molecular flexibility index (Phi) is 9.56. The normalized spacial score (nSPS) is 20.1. The third kappa shape index (κ3) is 6.54. The molecule has 3 heterocycles. The van der Waals surface area contributed by atoms with E-state index in [1.54, 1.807) is 6.20 Å². The number of likely N-dealkylation sites (tertiary alicyclic amines) is 2. The molecule has 8 heteroatoms. The molecular formula is C27H36Cl2N4O2. The first-order chi connectivity index (χ1) is 16.1. The van der Waals surface area contributed by atoms with Crippen molar-refractivity contribution in [2.45, 2.75) is 51.1 Å². The van der Waals surface area contributed by atoms with Crippen LogP contribution in [0.3, 0.4) is 0 Å². The van der Waals surface area contributed by atoms with Gasteiger partial charge in [0.05, 0.1) is 23.7 Å². The zero-order chi connectivity index (χ0) is 22.7. The summed E-state index contributed by atoms with van der Waals surface area (Å²) in [5.41, 5.74) is 1.95. The van der Waals surface area contributed by atoms with Gasteiger partial charge in [-0.1, -0.05) is 36.4 Å². The molecule has 2 saturated heterocycles. The fourth-order valence-electron chi connectivity index (χ4n) is 5.35. The number of hydrogen-bond acceptors (Lipinski definition) is 4. The molecule has 0 bridgehead atoms. The van der Waals surface area contributed by atoms with Gasteiger partial charge in [-0.05, 0) is 69.3 Å². The SMILES string of the molecule is Cl.Cl.O=C(N[C@@H](CCN1CCC2(CC1)CCN(Cc1ccccn1)C2=O)c1ccccc1)C1CC1. The van der Waals surface area contributed by atoms with E-state index in [0.29, 0.717) is 12.5 Å². The minimum Gasteiger partial charge on any atom is -0.349 e. The average molecular weight is 520 g/mol. The Bertz CT molecular complexity index is 964. The minimum absolute atomic E-state index is 0. The van der Waals surface area contributed by atoms with Gasteiger partial charge in [0.2, 0.25) is 11.8 Å². The molecule has 0 unspecified atom stereocenters. The smallest absolute Gasteiger partial charge is 0.229 e. The molecule has 6 nitrogen and oxygen atoms in total. The standard InChI is InChI=1S/C27H34N4O2.2ClH/c32-25(22-9-10-22)29-24(21-6-2-1-3-7-21)11-16-30-17-12-27(13-18-30)14-19-31(26(27)33)20-23-8-4-5-15-28-23;;/h1-8,15,22,24H,9-14,16-20H2,(H,29,32);2*1H/t24-;;/m0../s1. The molecule has 3 aliphatic rings. The molecule has 1 spiro atoms. The summed E-state index contributed by atoms with van der Waals surface area (Å²) in [4.78, 5) is 34.6. The second-order valence-electron chi connectivity index (χ2n) is 9.95. The summed E-state index contributed by atoms with van der Waals surface area (Å²) in [6.07, 6.45) is 7.54. The number of benzene rings is 1. The fourth-order valence-corrected chi connectivity index (χ4v) is 5.35. The number of piperidine rings is 1. The third-order valence-corrected chi connectivity index (χ3v) is 7.69. The summed E-state index contributed by atoms with van der Waals surface area (Å²) in [7, 11) is 0. The maximum absolute atomic E-state index is 13.3. The summed E-state index contributed by atoms with van der Waals surface area (Å²) < 4.78 is 0. The lowest BCUT2D eigenvalue weighted by Crippen LogP contribution is -2.45. The first-order valence-corrected chi connectivity index (χ1v) is 12.4. The first-order valence-electron chi connectivity index (χ1n) is 12.4. The van der Waals surface area contributed by atoms with Crippen LogP contribution in [0.1, 0.15) is 55.8 Å². The largest absolute Gasteiger partial charge is 0.349 e. The van der Waals surface area contributed by atoms with Crippen LogP contribution in [0.15, 0.2) is 54.7 Å². The molecule has 5 rings (SSSR count). The van der Waals surface area contributed by atoms with E-state index in [-0.39, 0.29) is 48.1 Å². The second-order valence-corrected chi connectivity index (χ2v) is 9.95. The maximum atomic E-state index is 13.3. The number of nitrogens with one attached hydrogen (secondary N) is 1. The molecule has 3 fully saturated rings. The van der Waals surface area contributed by atoms with E-state index in [1.807, 2.05) is 41.3 Å². The molecular weight excluding hydrogens is 483 g/mol. The highest BCUT2D eigenvalue weighted by Crippen LogP contribution is 2.42. The van der Waals surface area contributed by atoms with Crippen LogP contribution in [-0.2, 0) is 16.1 Å². The van der Waals surface area contributed by atoms with Crippen molar-refractivity contribution in [3.8, 4) is 0 Å². The van der Waals surface area contributed by atoms with Crippen LogP contribution in [0.5, 0.6) is 0 Å². The Labute approximate surface area is 220 Å². The number of hydrogen-bond donors (Lipinski definition) is 1. The third-order valence-electron chi connectivity index (χ3n) is 7.69. The van der Waals surface area contributed by atoms with Gasteiger partial charge in [-0.15, -0.1) is 24.8 Å². The van der Waals surface area contributed by atoms with Gasteiger partial charge < -0.3 is 15.1 Å². The van der Waals surface area contributed by atoms with Crippen molar-refractivity contribution in [1.82, 2.24) is 20.1 Å². The summed E-state index contributed by atoms with van der Waals surface area (Å²) >= 11 is 0. The lowest BCUT2D eigenvalue weighted by molar-refractivity contribution is -0.139. The van der Waals surface area contributed by atoms with Crippen molar-refractivity contribution in [2.24, 2.45) is 11.3 Å². The van der Waals surface area contributed by atoms with Crippen molar-refractivity contribution in [2.75, 3.05) is 26.2 Å². The van der Waals surface area contributed by atoms with Crippen LogP contribution in [0, 0.1) is 11.3 Å². The number of carbonyl (C=O) groups is 2. The highest BCUT2D eigenvalue weighted by molar-refractivity contribution is 5.86. The number of carbonyl (C=O) groups excluding carboxylic acids is 2. The maximum Gasteiger partial charge on any atom is 0.229 e. The number of nitrogens with zero attached hydrogens (tertiary/aromatic N) is 3. The summed E-state index contributed by atoms with van der Waals surface area (Å²) in [5.74, 6) is 0.728. The molecule has 1 N–H and O–H groups in total. The van der Waals surface area contributed by atoms with E-state index in [1.165, 1.54) is 5.56 Å². The van der Waals surface area contributed by atoms with Gasteiger partial charge in [0.25, 0.3) is 0 Å². The zero-order valence-electron chi connectivity index (χ0n) is 20.1. The van der Waals surface area contributed by atoms with Crippen molar-refractivity contribution in [3.05, 3.63) is 66.0 Å². The molecule has 1 atom stereocenters. The number of aromatic nitrogens is 1. The Morgan fingerprint density at radius 2 is 1.69 bits per heavy atom. The van der Waals surface area contributed by atoms with E-state index in [0.717, 1.165) is 70.4 Å². The quantitative estimate of drug-likeness (QED) is 0.562. The lowest BCUT2D eigenvalue weighted by Gasteiger charge is -2.38. The van der Waals surface area contributed by atoms with Crippen LogP contribution in [0.25, 0.3) is 0 Å². The molecule has 2 amide bonds. The van der Waals surface area contributed by atoms with Crippen LogP contribution in [0.2, 0.25) is 0 Å². The minimum atomic E-state index is -0.190. The topological polar surface area (TPSA) is 65.5 Å². The van der Waals surface area contributed by atoms with Crippen LogP contribution < -0.4 is 5.32 Å². The predicted molar refractivity (Wildman–Crippen MR) is 142 cm³/mol. The molecule has 1 aromatic carbocycles. The monoisotopic (exact) mass is 518 g/mol. The molecule has 0 radical (unpaired) electrons. The number of amides is 2. The van der Waals surface area contributed by atoms with E-state index < -0.39 is 0 Å². The van der Waals surface area contributed by atoms with Gasteiger partial charge in [0.1, 0.15) is 0 Å². The Morgan fingerprint density at radius 1 is 1.00 bits per heavy atom. The van der Waals surface area contributed by atoms with E-state index >= 15 is 0 Å². The number of pyridine rings is 1. The second kappa shape index (κ2) is 12.2. The van der Waals surface area contributed by atoms with E-state index in [9.17, 15) is 9.59 Å². The average Bonchev–Trinajstić information content (AvgIpc) is 3.67. The molecule has 1 aliphatic carbocycles. The summed E-state index contributed by atoms with van der Waals surface area (Å²) in [6, 6.07) is 16.2. The lowest BCUT2D eigenvalue weighted by atomic mass is 9.77. The number of rotatable bonds is 8. The summed E-state index contributed by atoms with van der Waals surface area (Å²) in [6.45, 7) is 4.28. The van der Waals surface area contributed by atoms with E-state index in [2.05, 4.69) is 27.3 Å². The van der Waals surface area contributed by atoms with Gasteiger partial charge in [0, 0.05) is 25.2 Å². The van der Waals surface area contributed by atoms with Crippen molar-refractivity contribution in [1.29, 1.82) is 0 Å². The Balaban J connectivity index is 0.00000171. The van der Waals surface area contributed by atoms with Crippen molar-refractivity contribution in [3.63, 3.8) is 0 Å². The highest BCUT2D eigenvalue weighted by atomic mass is 35.5. The van der Waals surface area contributed by atoms with Gasteiger partial charge in [0.15, 0.2) is 0 Å². The van der Waals surface area contributed by atoms with Crippen LogP contribution in [-0.4, -0.2) is 52.8 Å². The number of halogens is 2. The fraction of sp³-hybridized carbons (Fsp3) is 0.519. The predicted octanol–water partition coefficient (Wildman–Crippen LogP) is 4.40. The van der Waals surface area contributed by atoms with Crippen LogP contribution in [0.4, 0.5) is 0 Å². The zero-order valence-corrected chi connectivity index (χ0v) is 21.7. The molecule has 1 aromatic heterocycles. The first kappa shape index (κ1) is 27.4. The van der Waals surface area contributed by atoms with Gasteiger partial charge in [-0.3, -0.25) is 14.6 Å². The molecule has 190 valence electrons. The van der Waals surface area contributed by atoms with Gasteiger partial charge in [-0.25, -0.2) is 0 Å². The van der Waals surface area contributed by atoms with E-state index in [4.69, 9.17) is 0 Å².